The van der Waals surface area contributed by atoms with E-state index >= 15 is 0 Å². The molecule has 1 aliphatic heterocycles. The monoisotopic (exact) mass is 406 g/mol. The summed E-state index contributed by atoms with van der Waals surface area (Å²) in [4.78, 5) is 17.0. The Kier molecular flexibility index (Phi) is 6.83. The molecular weight excluding hydrogens is 376 g/mol. The largest absolute Gasteiger partial charge is 0.497 e. The molecule has 30 heavy (non-hydrogen) atoms. The number of amides is 1. The highest BCUT2D eigenvalue weighted by atomic mass is 16.5. The van der Waals surface area contributed by atoms with Crippen molar-refractivity contribution in [3.05, 3.63) is 52.9 Å². The van der Waals surface area contributed by atoms with E-state index in [0.717, 1.165) is 54.4 Å². The highest BCUT2D eigenvalue weighted by Crippen LogP contribution is 2.23. The molecular formula is C24H30N4O2. The fourth-order valence-corrected chi connectivity index (χ4v) is 3.98. The molecule has 0 spiro atoms. The van der Waals surface area contributed by atoms with Crippen LogP contribution in [0, 0.1) is 25.2 Å². The minimum Gasteiger partial charge on any atom is -0.497 e. The van der Waals surface area contributed by atoms with Gasteiger partial charge in [-0.1, -0.05) is 13.0 Å². The van der Waals surface area contributed by atoms with Crippen LogP contribution in [-0.2, 0) is 11.3 Å². The Bertz CT molecular complexity index is 976. The summed E-state index contributed by atoms with van der Waals surface area (Å²) >= 11 is 0. The van der Waals surface area contributed by atoms with Crippen LogP contribution < -0.4 is 9.64 Å². The summed E-state index contributed by atoms with van der Waals surface area (Å²) in [5.41, 5.74) is 4.47. The number of ether oxygens (including phenoxy) is 1. The number of benzene rings is 1. The molecule has 1 fully saturated rings. The average molecular weight is 407 g/mol. The van der Waals surface area contributed by atoms with Crippen molar-refractivity contribution in [2.45, 2.75) is 33.7 Å². The van der Waals surface area contributed by atoms with Crippen LogP contribution in [0.1, 0.15) is 30.3 Å². The van der Waals surface area contributed by atoms with Crippen molar-refractivity contribution in [3.63, 3.8) is 0 Å². The van der Waals surface area contributed by atoms with Crippen molar-refractivity contribution >= 4 is 17.7 Å². The zero-order valence-electron chi connectivity index (χ0n) is 18.3. The Morgan fingerprint density at radius 2 is 1.93 bits per heavy atom. The van der Waals surface area contributed by atoms with Gasteiger partial charge in [-0.2, -0.15) is 5.26 Å². The van der Waals surface area contributed by atoms with Crippen LogP contribution in [0.3, 0.4) is 0 Å². The van der Waals surface area contributed by atoms with Crippen LogP contribution in [0.2, 0.25) is 0 Å². The molecule has 0 radical (unpaired) electrons. The van der Waals surface area contributed by atoms with Crippen LogP contribution in [0.4, 0.5) is 5.69 Å². The lowest BCUT2D eigenvalue weighted by Gasteiger charge is -2.36. The second-order valence-corrected chi connectivity index (χ2v) is 7.63. The summed E-state index contributed by atoms with van der Waals surface area (Å²) in [6, 6.07) is 12.1. The Morgan fingerprint density at radius 1 is 1.20 bits per heavy atom. The van der Waals surface area contributed by atoms with E-state index in [4.69, 9.17) is 4.74 Å². The number of methoxy groups -OCH3 is 1. The third-order valence-electron chi connectivity index (χ3n) is 5.70. The van der Waals surface area contributed by atoms with Crippen LogP contribution >= 0.6 is 0 Å². The van der Waals surface area contributed by atoms with Crippen molar-refractivity contribution in [2.24, 2.45) is 0 Å². The number of carbonyl (C=O) groups is 1. The highest BCUT2D eigenvalue weighted by Gasteiger charge is 2.24. The Balaban J connectivity index is 1.71. The van der Waals surface area contributed by atoms with Gasteiger partial charge in [-0.3, -0.25) is 4.79 Å². The van der Waals surface area contributed by atoms with Gasteiger partial charge in [-0.15, -0.1) is 0 Å². The van der Waals surface area contributed by atoms with E-state index in [-0.39, 0.29) is 11.5 Å². The maximum absolute atomic E-state index is 13.0. The first-order valence-corrected chi connectivity index (χ1v) is 10.4. The normalized spacial score (nSPS) is 14.6. The molecule has 6 heteroatoms. The first kappa shape index (κ1) is 21.5. The SMILES string of the molecule is CCCn1c(C)cc(C=C(C#N)C(=O)N2CCN(c3cccc(OC)c3)CC2)c1C. The van der Waals surface area contributed by atoms with Gasteiger partial charge in [0.1, 0.15) is 17.4 Å². The molecule has 2 heterocycles. The number of piperazine rings is 1. The van der Waals surface area contributed by atoms with Gasteiger partial charge in [-0.05, 0) is 50.1 Å². The van der Waals surface area contributed by atoms with Crippen molar-refractivity contribution in [1.29, 1.82) is 5.26 Å². The van der Waals surface area contributed by atoms with E-state index in [0.29, 0.717) is 13.1 Å². The second-order valence-electron chi connectivity index (χ2n) is 7.63. The van der Waals surface area contributed by atoms with Crippen LogP contribution in [0.5, 0.6) is 5.75 Å². The lowest BCUT2D eigenvalue weighted by atomic mass is 10.1. The Morgan fingerprint density at radius 3 is 2.57 bits per heavy atom. The predicted molar refractivity (Wildman–Crippen MR) is 120 cm³/mol. The van der Waals surface area contributed by atoms with E-state index in [1.54, 1.807) is 18.1 Å². The van der Waals surface area contributed by atoms with Crippen molar-refractivity contribution < 1.29 is 9.53 Å². The fraction of sp³-hybridized carbons (Fsp3) is 0.417. The van der Waals surface area contributed by atoms with Gasteiger partial charge >= 0.3 is 0 Å². The van der Waals surface area contributed by atoms with Gasteiger partial charge < -0.3 is 19.1 Å². The van der Waals surface area contributed by atoms with E-state index in [9.17, 15) is 10.1 Å². The van der Waals surface area contributed by atoms with Crippen LogP contribution in [-0.4, -0.2) is 48.7 Å². The van der Waals surface area contributed by atoms with Gasteiger partial charge in [0.05, 0.1) is 7.11 Å². The van der Waals surface area contributed by atoms with E-state index in [2.05, 4.69) is 35.5 Å². The smallest absolute Gasteiger partial charge is 0.264 e. The zero-order chi connectivity index (χ0) is 21.7. The van der Waals surface area contributed by atoms with Gasteiger partial charge in [0, 0.05) is 55.9 Å². The minimum atomic E-state index is -0.192. The summed E-state index contributed by atoms with van der Waals surface area (Å²) < 4.78 is 7.54. The summed E-state index contributed by atoms with van der Waals surface area (Å²) in [5, 5.41) is 9.65. The number of carbonyl (C=O) groups excluding carboxylic acids is 1. The minimum absolute atomic E-state index is 0.192. The molecule has 0 aliphatic carbocycles. The standard InChI is InChI=1S/C24H30N4O2/c1-5-9-28-18(2)14-20(19(28)3)15-21(17-25)24(29)27-12-10-26(11-13-27)22-7-6-8-23(16-22)30-4/h6-8,14-16H,5,9-13H2,1-4H3. The van der Waals surface area contributed by atoms with Crippen molar-refractivity contribution in [1.82, 2.24) is 9.47 Å². The molecule has 0 saturated carbocycles. The van der Waals surface area contributed by atoms with E-state index in [1.165, 1.54) is 0 Å². The zero-order valence-corrected chi connectivity index (χ0v) is 18.3. The third kappa shape index (κ3) is 4.51. The molecule has 158 valence electrons. The topological polar surface area (TPSA) is 61.5 Å². The van der Waals surface area contributed by atoms with E-state index in [1.807, 2.05) is 31.2 Å². The number of aromatic nitrogens is 1. The summed E-state index contributed by atoms with van der Waals surface area (Å²) in [5.74, 6) is 0.629. The molecule has 1 aromatic carbocycles. The number of anilines is 1. The highest BCUT2D eigenvalue weighted by molar-refractivity contribution is 6.02. The fourth-order valence-electron chi connectivity index (χ4n) is 3.98. The lowest BCUT2D eigenvalue weighted by molar-refractivity contribution is -0.126. The average Bonchev–Trinajstić information content (AvgIpc) is 3.04. The van der Waals surface area contributed by atoms with E-state index < -0.39 is 0 Å². The molecule has 0 N–H and O–H groups in total. The Labute approximate surface area is 179 Å². The van der Waals surface area contributed by atoms with Gasteiger partial charge in [0.25, 0.3) is 5.91 Å². The third-order valence-corrected chi connectivity index (χ3v) is 5.70. The molecule has 1 aliphatic rings. The molecule has 1 saturated heterocycles. The number of nitriles is 1. The molecule has 3 rings (SSSR count). The molecule has 1 aromatic heterocycles. The summed E-state index contributed by atoms with van der Waals surface area (Å²) in [7, 11) is 1.66. The maximum atomic E-state index is 13.0. The molecule has 1 amide bonds. The molecule has 0 bridgehead atoms. The van der Waals surface area contributed by atoms with Crippen LogP contribution in [0.25, 0.3) is 6.08 Å². The summed E-state index contributed by atoms with van der Waals surface area (Å²) in [6.45, 7) is 9.81. The van der Waals surface area contributed by atoms with Crippen molar-refractivity contribution in [2.75, 3.05) is 38.2 Å². The maximum Gasteiger partial charge on any atom is 0.264 e. The summed E-state index contributed by atoms with van der Waals surface area (Å²) in [6.07, 6.45) is 2.78. The van der Waals surface area contributed by atoms with Gasteiger partial charge in [0.15, 0.2) is 0 Å². The van der Waals surface area contributed by atoms with Gasteiger partial charge in [-0.25, -0.2) is 0 Å². The number of aryl methyl sites for hydroxylation is 1. The second kappa shape index (κ2) is 9.53. The molecule has 0 unspecified atom stereocenters. The van der Waals surface area contributed by atoms with Crippen LogP contribution in [0.15, 0.2) is 35.9 Å². The number of rotatable bonds is 6. The quantitative estimate of drug-likeness (QED) is 0.541. The predicted octanol–water partition coefficient (Wildman–Crippen LogP) is 3.78. The number of hydrogen-bond donors (Lipinski definition) is 0. The first-order chi connectivity index (χ1) is 14.5. The Hall–Kier alpha value is -3.20. The molecule has 0 atom stereocenters. The van der Waals surface area contributed by atoms with Gasteiger partial charge in [0.2, 0.25) is 0 Å². The number of hydrogen-bond acceptors (Lipinski definition) is 4. The molecule has 2 aromatic rings. The number of nitrogens with zero attached hydrogens (tertiary/aromatic N) is 4. The molecule has 6 nitrogen and oxygen atoms in total. The lowest BCUT2D eigenvalue weighted by Crippen LogP contribution is -2.49. The van der Waals surface area contributed by atoms with Crippen molar-refractivity contribution in [3.8, 4) is 11.8 Å². The first-order valence-electron chi connectivity index (χ1n) is 10.4.